The van der Waals surface area contributed by atoms with Crippen molar-refractivity contribution >= 4 is 17.5 Å². The van der Waals surface area contributed by atoms with Crippen LogP contribution in [0.5, 0.6) is 5.75 Å². The largest absolute Gasteiger partial charge is 0.483 e. The van der Waals surface area contributed by atoms with E-state index in [0.29, 0.717) is 16.9 Å². The van der Waals surface area contributed by atoms with Crippen molar-refractivity contribution in [2.75, 3.05) is 19.7 Å². The molecule has 110 valence electrons. The first-order valence-electron chi connectivity index (χ1n) is 7.12. The van der Waals surface area contributed by atoms with Crippen molar-refractivity contribution in [1.82, 2.24) is 4.90 Å². The van der Waals surface area contributed by atoms with Crippen LogP contribution in [0.25, 0.3) is 0 Å². The monoisotopic (exact) mass is 295 g/mol. The summed E-state index contributed by atoms with van der Waals surface area (Å²) in [6.45, 7) is 8.09. The lowest BCUT2D eigenvalue weighted by molar-refractivity contribution is -0.136. The van der Waals surface area contributed by atoms with Crippen LogP contribution in [0.4, 0.5) is 0 Å². The van der Waals surface area contributed by atoms with E-state index in [1.807, 2.05) is 24.0 Å². The highest BCUT2D eigenvalue weighted by Gasteiger charge is 2.25. The number of carbonyl (C=O) groups is 1. The number of carbonyl (C=O) groups excluding carboxylic acids is 1. The van der Waals surface area contributed by atoms with Gasteiger partial charge in [-0.25, -0.2) is 0 Å². The Labute approximate surface area is 125 Å². The van der Waals surface area contributed by atoms with Gasteiger partial charge in [-0.1, -0.05) is 25.4 Å². The molecule has 1 amide bonds. The molecule has 0 unspecified atom stereocenters. The number of hydrogen-bond acceptors (Lipinski definition) is 2. The lowest BCUT2D eigenvalue weighted by atomic mass is 9.92. The molecule has 1 heterocycles. The molecule has 1 aliphatic heterocycles. The fourth-order valence-electron chi connectivity index (χ4n) is 2.87. The average Bonchev–Trinajstić information content (AvgIpc) is 2.36. The summed E-state index contributed by atoms with van der Waals surface area (Å²) in [6.07, 6.45) is 1.20. The molecule has 0 spiro atoms. The molecule has 1 aromatic carbocycles. The summed E-state index contributed by atoms with van der Waals surface area (Å²) in [5, 5.41) is 0.680. The van der Waals surface area contributed by atoms with E-state index in [9.17, 15) is 4.79 Å². The lowest BCUT2D eigenvalue weighted by Gasteiger charge is -2.34. The summed E-state index contributed by atoms with van der Waals surface area (Å²) in [5.74, 6) is 1.93. The Hall–Kier alpha value is -1.22. The topological polar surface area (TPSA) is 29.5 Å². The first kappa shape index (κ1) is 15.2. The van der Waals surface area contributed by atoms with Crippen molar-refractivity contribution < 1.29 is 9.53 Å². The van der Waals surface area contributed by atoms with Gasteiger partial charge in [0.05, 0.1) is 0 Å². The van der Waals surface area contributed by atoms with Crippen LogP contribution >= 0.6 is 11.6 Å². The minimum absolute atomic E-state index is 0.0674. The maximum Gasteiger partial charge on any atom is 0.260 e. The zero-order valence-corrected chi connectivity index (χ0v) is 13.1. The Morgan fingerprint density at radius 2 is 2.00 bits per heavy atom. The molecular formula is C16H22ClNO2. The molecule has 0 radical (unpaired) electrons. The fraction of sp³-hybridized carbons (Fsp3) is 0.562. The van der Waals surface area contributed by atoms with Crippen molar-refractivity contribution in [1.29, 1.82) is 0 Å². The van der Waals surface area contributed by atoms with E-state index in [1.165, 1.54) is 6.42 Å². The van der Waals surface area contributed by atoms with Crippen LogP contribution in [0.1, 0.15) is 25.8 Å². The van der Waals surface area contributed by atoms with Gasteiger partial charge < -0.3 is 9.64 Å². The van der Waals surface area contributed by atoms with E-state index in [1.54, 1.807) is 6.07 Å². The third-order valence-electron chi connectivity index (χ3n) is 3.71. The van der Waals surface area contributed by atoms with E-state index >= 15 is 0 Å². The van der Waals surface area contributed by atoms with Crippen molar-refractivity contribution in [2.45, 2.75) is 27.2 Å². The van der Waals surface area contributed by atoms with Crippen LogP contribution < -0.4 is 4.74 Å². The third-order valence-corrected chi connectivity index (χ3v) is 3.94. The van der Waals surface area contributed by atoms with Gasteiger partial charge in [0.25, 0.3) is 5.91 Å². The number of halogens is 1. The molecule has 1 aliphatic rings. The van der Waals surface area contributed by atoms with E-state index in [4.69, 9.17) is 16.3 Å². The second-order valence-corrected chi connectivity index (χ2v) is 6.38. The number of amides is 1. The Balaban J connectivity index is 1.91. The molecular weight excluding hydrogens is 274 g/mol. The summed E-state index contributed by atoms with van der Waals surface area (Å²) in [6, 6.07) is 5.43. The van der Waals surface area contributed by atoms with Crippen molar-refractivity contribution in [2.24, 2.45) is 11.8 Å². The second kappa shape index (κ2) is 6.49. The van der Waals surface area contributed by atoms with Crippen LogP contribution in [-0.4, -0.2) is 30.5 Å². The predicted molar refractivity (Wildman–Crippen MR) is 81.2 cm³/mol. The van der Waals surface area contributed by atoms with Crippen LogP contribution in [-0.2, 0) is 4.79 Å². The highest BCUT2D eigenvalue weighted by atomic mass is 35.5. The highest BCUT2D eigenvalue weighted by molar-refractivity contribution is 6.30. The molecule has 0 aromatic heterocycles. The van der Waals surface area contributed by atoms with Crippen LogP contribution in [0.15, 0.2) is 18.2 Å². The van der Waals surface area contributed by atoms with E-state index < -0.39 is 0 Å². The van der Waals surface area contributed by atoms with Gasteiger partial charge in [0.2, 0.25) is 0 Å². The highest BCUT2D eigenvalue weighted by Crippen LogP contribution is 2.23. The number of likely N-dealkylation sites (tertiary alicyclic amines) is 1. The van der Waals surface area contributed by atoms with E-state index in [2.05, 4.69) is 13.8 Å². The fourth-order valence-corrected chi connectivity index (χ4v) is 3.10. The lowest BCUT2D eigenvalue weighted by Crippen LogP contribution is -2.44. The summed E-state index contributed by atoms with van der Waals surface area (Å²) in [5.41, 5.74) is 0.950. The first-order valence-corrected chi connectivity index (χ1v) is 7.50. The molecule has 2 atom stereocenters. The van der Waals surface area contributed by atoms with Crippen LogP contribution in [0, 0.1) is 18.8 Å². The van der Waals surface area contributed by atoms with E-state index in [-0.39, 0.29) is 12.5 Å². The molecule has 1 fully saturated rings. The van der Waals surface area contributed by atoms with Gasteiger partial charge in [-0.05, 0) is 48.9 Å². The number of piperidine rings is 1. The molecule has 1 aromatic rings. The van der Waals surface area contributed by atoms with Crippen molar-refractivity contribution in [3.05, 3.63) is 28.8 Å². The Kier molecular flexibility index (Phi) is 4.92. The minimum Gasteiger partial charge on any atom is -0.483 e. The number of aryl methyl sites for hydroxylation is 1. The molecule has 4 heteroatoms. The Morgan fingerprint density at radius 3 is 2.60 bits per heavy atom. The molecule has 1 saturated heterocycles. The second-order valence-electron chi connectivity index (χ2n) is 5.94. The molecule has 0 aliphatic carbocycles. The zero-order chi connectivity index (χ0) is 14.7. The molecule has 20 heavy (non-hydrogen) atoms. The van der Waals surface area contributed by atoms with Crippen LogP contribution in [0.3, 0.4) is 0 Å². The molecule has 0 N–H and O–H groups in total. The van der Waals surface area contributed by atoms with Gasteiger partial charge in [0.15, 0.2) is 6.61 Å². The van der Waals surface area contributed by atoms with Crippen LogP contribution in [0.2, 0.25) is 5.02 Å². The first-order chi connectivity index (χ1) is 9.45. The normalized spacial score (nSPS) is 22.7. The van der Waals surface area contributed by atoms with Gasteiger partial charge in [0.1, 0.15) is 5.75 Å². The summed E-state index contributed by atoms with van der Waals surface area (Å²) < 4.78 is 5.63. The standard InChI is InChI=1S/C16H22ClNO2/c1-11-6-12(2)9-18(8-11)16(19)10-20-15-5-4-14(17)7-13(15)3/h4-5,7,11-12H,6,8-10H2,1-3H3/t11-,12-/m1/s1. The summed E-state index contributed by atoms with van der Waals surface area (Å²) in [7, 11) is 0. The maximum atomic E-state index is 12.2. The van der Waals surface area contributed by atoms with Crippen molar-refractivity contribution in [3.8, 4) is 5.75 Å². The maximum absolute atomic E-state index is 12.2. The van der Waals surface area contributed by atoms with Gasteiger partial charge in [-0.15, -0.1) is 0 Å². The summed E-state index contributed by atoms with van der Waals surface area (Å²) >= 11 is 5.90. The third kappa shape index (κ3) is 3.89. The van der Waals surface area contributed by atoms with Gasteiger partial charge >= 0.3 is 0 Å². The number of ether oxygens (including phenoxy) is 1. The molecule has 0 bridgehead atoms. The SMILES string of the molecule is Cc1cc(Cl)ccc1OCC(=O)N1C[C@H](C)C[C@@H](C)C1. The number of hydrogen-bond donors (Lipinski definition) is 0. The summed E-state index contributed by atoms with van der Waals surface area (Å²) in [4.78, 5) is 14.1. The average molecular weight is 296 g/mol. The molecule has 2 rings (SSSR count). The van der Waals surface area contributed by atoms with Crippen molar-refractivity contribution in [3.63, 3.8) is 0 Å². The molecule has 0 saturated carbocycles. The quantitative estimate of drug-likeness (QED) is 0.854. The minimum atomic E-state index is 0.0674. The van der Waals surface area contributed by atoms with E-state index in [0.717, 1.165) is 24.4 Å². The molecule has 3 nitrogen and oxygen atoms in total. The predicted octanol–water partition coefficient (Wildman–Crippen LogP) is 3.53. The zero-order valence-electron chi connectivity index (χ0n) is 12.4. The van der Waals surface area contributed by atoms with Gasteiger partial charge in [0, 0.05) is 18.1 Å². The Morgan fingerprint density at radius 1 is 1.35 bits per heavy atom. The number of nitrogens with zero attached hydrogens (tertiary/aromatic N) is 1. The smallest absolute Gasteiger partial charge is 0.260 e. The van der Waals surface area contributed by atoms with Gasteiger partial charge in [-0.2, -0.15) is 0 Å². The van der Waals surface area contributed by atoms with Gasteiger partial charge in [-0.3, -0.25) is 4.79 Å². The number of benzene rings is 1. The number of rotatable bonds is 3. The Bertz CT molecular complexity index is 479.